The fourth-order valence-electron chi connectivity index (χ4n) is 4.12. The number of nitrogens with zero attached hydrogens (tertiary/aromatic N) is 1. The number of fused-ring (bicyclic) bond motifs is 1. The van der Waals surface area contributed by atoms with E-state index in [1.54, 1.807) is 0 Å². The number of hydrogen-bond acceptors (Lipinski definition) is 2. The summed E-state index contributed by atoms with van der Waals surface area (Å²) < 4.78 is 0. The van der Waals surface area contributed by atoms with Crippen molar-refractivity contribution in [2.75, 3.05) is 5.32 Å². The lowest BCUT2D eigenvalue weighted by Crippen LogP contribution is -2.42. The third-order valence-corrected chi connectivity index (χ3v) is 5.79. The highest BCUT2D eigenvalue weighted by atomic mass is 16.2. The van der Waals surface area contributed by atoms with Gasteiger partial charge in [0.05, 0.1) is 6.54 Å². The van der Waals surface area contributed by atoms with Crippen LogP contribution in [0.2, 0.25) is 0 Å². The molecule has 150 valence electrons. The third-order valence-electron chi connectivity index (χ3n) is 5.79. The number of anilines is 1. The topological polar surface area (TPSA) is 65.2 Å². The molecule has 1 heterocycles. The van der Waals surface area contributed by atoms with Crippen LogP contribution >= 0.6 is 0 Å². The van der Waals surface area contributed by atoms with Crippen molar-refractivity contribution >= 4 is 22.6 Å². The van der Waals surface area contributed by atoms with E-state index < -0.39 is 0 Å². The normalized spacial score (nSPS) is 14.2. The van der Waals surface area contributed by atoms with E-state index in [9.17, 15) is 9.59 Å². The quantitative estimate of drug-likeness (QED) is 0.640. The summed E-state index contributed by atoms with van der Waals surface area (Å²) in [5.74, 6) is 0. The summed E-state index contributed by atoms with van der Waals surface area (Å²) in [7, 11) is 0. The summed E-state index contributed by atoms with van der Waals surface area (Å²) in [6.07, 6.45) is 5.14. The van der Waals surface area contributed by atoms with Crippen molar-refractivity contribution in [1.82, 2.24) is 9.88 Å². The molecular formula is C24H27N3O2. The number of carbonyl (C=O) groups excluding carboxylic acids is 1. The first-order chi connectivity index (χ1) is 14.1. The lowest BCUT2D eigenvalue weighted by atomic mass is 10.1. The summed E-state index contributed by atoms with van der Waals surface area (Å²) in [5.41, 5.74) is 3.32. The number of aromatic amines is 1. The number of aryl methyl sites for hydroxylation is 1. The van der Waals surface area contributed by atoms with Gasteiger partial charge in [0.25, 0.3) is 5.56 Å². The lowest BCUT2D eigenvalue weighted by molar-refractivity contribution is 0.184. The van der Waals surface area contributed by atoms with Crippen LogP contribution in [0, 0.1) is 0 Å². The van der Waals surface area contributed by atoms with Crippen molar-refractivity contribution in [3.63, 3.8) is 0 Å². The zero-order valence-corrected chi connectivity index (χ0v) is 16.8. The molecule has 0 atom stereocenters. The summed E-state index contributed by atoms with van der Waals surface area (Å²) in [6.45, 7) is 2.43. The van der Waals surface area contributed by atoms with Crippen molar-refractivity contribution < 1.29 is 4.79 Å². The van der Waals surface area contributed by atoms with Gasteiger partial charge in [-0.2, -0.15) is 0 Å². The lowest BCUT2D eigenvalue weighted by Gasteiger charge is -2.29. The fourth-order valence-corrected chi connectivity index (χ4v) is 4.12. The van der Waals surface area contributed by atoms with Crippen LogP contribution in [0.25, 0.3) is 10.9 Å². The predicted octanol–water partition coefficient (Wildman–Crippen LogP) is 5.07. The molecule has 5 nitrogen and oxygen atoms in total. The molecule has 2 aromatic carbocycles. The monoisotopic (exact) mass is 389 g/mol. The van der Waals surface area contributed by atoms with Gasteiger partial charge in [-0.3, -0.25) is 4.79 Å². The Kier molecular flexibility index (Phi) is 5.65. The molecule has 0 spiro atoms. The van der Waals surface area contributed by atoms with Gasteiger partial charge < -0.3 is 15.2 Å². The fraction of sp³-hybridized carbons (Fsp3) is 0.333. The van der Waals surface area contributed by atoms with Gasteiger partial charge in [-0.05, 0) is 60.5 Å². The van der Waals surface area contributed by atoms with Crippen molar-refractivity contribution in [3.8, 4) is 0 Å². The Morgan fingerprint density at radius 2 is 1.86 bits per heavy atom. The molecule has 0 unspecified atom stereocenters. The van der Waals surface area contributed by atoms with E-state index in [0.29, 0.717) is 12.1 Å². The van der Waals surface area contributed by atoms with E-state index in [2.05, 4.69) is 23.3 Å². The molecule has 0 radical (unpaired) electrons. The Bertz CT molecular complexity index is 1050. The van der Waals surface area contributed by atoms with Crippen LogP contribution in [-0.2, 0) is 13.0 Å². The molecule has 0 bridgehead atoms. The Morgan fingerprint density at radius 1 is 1.10 bits per heavy atom. The summed E-state index contributed by atoms with van der Waals surface area (Å²) in [5, 5.41) is 4.00. The first-order valence-corrected chi connectivity index (χ1v) is 10.4. The molecule has 2 N–H and O–H groups in total. The smallest absolute Gasteiger partial charge is 0.322 e. The minimum Gasteiger partial charge on any atom is -0.322 e. The largest absolute Gasteiger partial charge is 0.322 e. The molecule has 1 saturated carbocycles. The highest BCUT2D eigenvalue weighted by molar-refractivity contribution is 5.89. The van der Waals surface area contributed by atoms with Crippen LogP contribution in [0.3, 0.4) is 0 Å². The molecule has 1 aliphatic carbocycles. The average molecular weight is 389 g/mol. The van der Waals surface area contributed by atoms with E-state index in [1.165, 1.54) is 5.56 Å². The number of nitrogens with one attached hydrogen (secondary N) is 2. The Labute approximate surface area is 170 Å². The second-order valence-electron chi connectivity index (χ2n) is 7.76. The Morgan fingerprint density at radius 3 is 2.59 bits per heavy atom. The highest BCUT2D eigenvalue weighted by Gasteiger charge is 2.27. The molecule has 2 amide bonds. The minimum atomic E-state index is -0.148. The number of benzene rings is 2. The second kappa shape index (κ2) is 8.52. The van der Waals surface area contributed by atoms with Crippen molar-refractivity contribution in [3.05, 3.63) is 76.1 Å². The average Bonchev–Trinajstić information content (AvgIpc) is 3.27. The van der Waals surface area contributed by atoms with Crippen LogP contribution in [0.15, 0.2) is 59.4 Å². The number of para-hydroxylation sites is 1. The van der Waals surface area contributed by atoms with Gasteiger partial charge in [0.1, 0.15) is 0 Å². The molecule has 0 aliphatic heterocycles. The molecule has 29 heavy (non-hydrogen) atoms. The Balaban J connectivity index is 1.64. The number of H-pyrrole nitrogens is 1. The zero-order valence-electron chi connectivity index (χ0n) is 16.8. The van der Waals surface area contributed by atoms with Gasteiger partial charge >= 0.3 is 6.03 Å². The molecular weight excluding hydrogens is 362 g/mol. The molecule has 5 heteroatoms. The molecule has 3 aromatic rings. The molecule has 1 fully saturated rings. The maximum Gasteiger partial charge on any atom is 0.322 e. The van der Waals surface area contributed by atoms with E-state index >= 15 is 0 Å². The van der Waals surface area contributed by atoms with E-state index in [-0.39, 0.29) is 17.6 Å². The molecule has 0 saturated heterocycles. The first-order valence-electron chi connectivity index (χ1n) is 10.4. The van der Waals surface area contributed by atoms with Gasteiger partial charge in [-0.15, -0.1) is 0 Å². The molecule has 1 aromatic heterocycles. The minimum absolute atomic E-state index is 0.128. The number of carbonyl (C=O) groups is 1. The number of rotatable bonds is 5. The standard InChI is InChI=1S/C24H27N3O2/c1-2-17-12-13-22-18(14-17)15-19(23(28)26-22)16-27(21-10-6-7-11-21)24(29)25-20-8-4-3-5-9-20/h3-5,8-9,12-15,21H,2,6-7,10-11,16H2,1H3,(H,25,29)(H,26,28). The van der Waals surface area contributed by atoms with E-state index in [0.717, 1.165) is 48.7 Å². The number of pyridine rings is 1. The van der Waals surface area contributed by atoms with E-state index in [4.69, 9.17) is 0 Å². The first kappa shape index (κ1) is 19.2. The van der Waals surface area contributed by atoms with Gasteiger partial charge in [0, 0.05) is 22.8 Å². The maximum atomic E-state index is 13.1. The number of amides is 2. The van der Waals surface area contributed by atoms with Gasteiger partial charge in [-0.25, -0.2) is 4.79 Å². The maximum absolute atomic E-state index is 13.1. The summed E-state index contributed by atoms with van der Waals surface area (Å²) in [4.78, 5) is 30.6. The van der Waals surface area contributed by atoms with Crippen molar-refractivity contribution in [2.24, 2.45) is 0 Å². The van der Waals surface area contributed by atoms with Gasteiger partial charge in [-0.1, -0.05) is 44.0 Å². The zero-order chi connectivity index (χ0) is 20.2. The number of hydrogen-bond donors (Lipinski definition) is 2. The van der Waals surface area contributed by atoms with Gasteiger partial charge in [0.2, 0.25) is 0 Å². The number of aromatic nitrogens is 1. The Hall–Kier alpha value is -3.08. The highest BCUT2D eigenvalue weighted by Crippen LogP contribution is 2.26. The van der Waals surface area contributed by atoms with Crippen molar-refractivity contribution in [1.29, 1.82) is 0 Å². The summed E-state index contributed by atoms with van der Waals surface area (Å²) in [6, 6.07) is 17.5. The van der Waals surface area contributed by atoms with E-state index in [1.807, 2.05) is 53.4 Å². The SMILES string of the molecule is CCc1ccc2[nH]c(=O)c(CN(C(=O)Nc3ccccc3)C3CCCC3)cc2c1. The van der Waals surface area contributed by atoms with Crippen LogP contribution in [-0.4, -0.2) is 22.0 Å². The molecule has 4 rings (SSSR count). The second-order valence-corrected chi connectivity index (χ2v) is 7.76. The van der Waals surface area contributed by atoms with Crippen LogP contribution < -0.4 is 10.9 Å². The summed E-state index contributed by atoms with van der Waals surface area (Å²) >= 11 is 0. The molecule has 1 aliphatic rings. The number of urea groups is 1. The third kappa shape index (κ3) is 4.34. The van der Waals surface area contributed by atoms with Crippen LogP contribution in [0.5, 0.6) is 0 Å². The van der Waals surface area contributed by atoms with Gasteiger partial charge in [0.15, 0.2) is 0 Å². The van der Waals surface area contributed by atoms with Crippen LogP contribution in [0.1, 0.15) is 43.7 Å². The van der Waals surface area contributed by atoms with Crippen molar-refractivity contribution in [2.45, 2.75) is 51.6 Å². The van der Waals surface area contributed by atoms with Crippen LogP contribution in [0.4, 0.5) is 10.5 Å². The predicted molar refractivity (Wildman–Crippen MR) is 117 cm³/mol.